The lowest BCUT2D eigenvalue weighted by atomic mass is 9.86. The summed E-state index contributed by atoms with van der Waals surface area (Å²) in [4.78, 5) is 24.2. The average Bonchev–Trinajstić information content (AvgIpc) is 3.22. The molecule has 0 radical (unpaired) electrons. The van der Waals surface area contributed by atoms with Crippen LogP contribution >= 0.6 is 11.3 Å². The van der Waals surface area contributed by atoms with Crippen molar-refractivity contribution < 1.29 is 14.1 Å². The Bertz CT molecular complexity index is 931. The van der Waals surface area contributed by atoms with Crippen LogP contribution in [0.25, 0.3) is 0 Å². The van der Waals surface area contributed by atoms with E-state index in [1.165, 1.54) is 11.3 Å². The van der Waals surface area contributed by atoms with Gasteiger partial charge in [-0.05, 0) is 25.3 Å². The van der Waals surface area contributed by atoms with Gasteiger partial charge < -0.3 is 16.0 Å². The van der Waals surface area contributed by atoms with Crippen LogP contribution in [-0.4, -0.2) is 34.4 Å². The average molecular weight is 374 g/mol. The Morgan fingerprint density at radius 3 is 2.88 bits per heavy atom. The maximum atomic E-state index is 11.9. The van der Waals surface area contributed by atoms with E-state index < -0.39 is 11.9 Å². The molecule has 1 atom stereocenters. The number of nitrogens with two attached hydrogens (primary N) is 2. The first-order valence-corrected chi connectivity index (χ1v) is 9.00. The van der Waals surface area contributed by atoms with E-state index in [1.807, 2.05) is 18.0 Å². The molecule has 0 spiro atoms. The van der Waals surface area contributed by atoms with Crippen molar-refractivity contribution >= 4 is 34.0 Å². The third kappa shape index (κ3) is 2.81. The number of rotatable bonds is 4. The third-order valence-corrected chi connectivity index (χ3v) is 5.82. The molecule has 5 N–H and O–H groups in total. The van der Waals surface area contributed by atoms with Gasteiger partial charge in [0.25, 0.3) is 5.91 Å². The Morgan fingerprint density at radius 1 is 1.42 bits per heavy atom. The molecular weight excluding hydrogens is 356 g/mol. The molecular formula is C16H18N6O3S. The lowest BCUT2D eigenvalue weighted by Gasteiger charge is -2.19. The largest absolute Gasteiger partial charge is 0.365 e. The molecule has 10 heteroatoms. The number of nitrogens with zero attached hydrogens (tertiary/aromatic N) is 3. The number of primary amides is 2. The molecule has 3 amide bonds. The van der Waals surface area contributed by atoms with Gasteiger partial charge in [-0.25, -0.2) is 4.79 Å². The summed E-state index contributed by atoms with van der Waals surface area (Å²) < 4.78 is 5.11. The van der Waals surface area contributed by atoms with Crippen molar-refractivity contribution in [2.24, 2.45) is 16.6 Å². The Hall–Kier alpha value is -2.88. The van der Waals surface area contributed by atoms with Crippen LogP contribution in [0.3, 0.4) is 0 Å². The summed E-state index contributed by atoms with van der Waals surface area (Å²) in [5.74, 6) is 0.288. The Morgan fingerprint density at radius 2 is 2.23 bits per heavy atom. The summed E-state index contributed by atoms with van der Waals surface area (Å²) in [5, 5.41) is 13.6. The highest BCUT2D eigenvalue weighted by Gasteiger charge is 2.37. The number of carbonyl (C=O) groups excluding carboxylic acids is 2. The van der Waals surface area contributed by atoms with Gasteiger partial charge in [-0.2, -0.15) is 5.10 Å². The quantitative estimate of drug-likeness (QED) is 0.744. The third-order valence-electron chi connectivity index (χ3n) is 4.56. The molecule has 2 aromatic heterocycles. The zero-order chi connectivity index (χ0) is 18.4. The number of urea groups is 1. The van der Waals surface area contributed by atoms with Gasteiger partial charge in [0, 0.05) is 23.2 Å². The second kappa shape index (κ2) is 6.13. The Kier molecular flexibility index (Phi) is 3.91. The zero-order valence-corrected chi connectivity index (χ0v) is 14.9. The smallest absolute Gasteiger partial charge is 0.317 e. The number of aromatic nitrogens is 1. The van der Waals surface area contributed by atoms with E-state index in [-0.39, 0.29) is 5.92 Å². The highest BCUT2D eigenvalue weighted by molar-refractivity contribution is 7.17. The summed E-state index contributed by atoms with van der Waals surface area (Å²) in [5.41, 5.74) is 13.9. The number of carbonyl (C=O) groups is 2. The first-order valence-electron chi connectivity index (χ1n) is 8.18. The van der Waals surface area contributed by atoms with Gasteiger partial charge in [-0.3, -0.25) is 15.1 Å². The highest BCUT2D eigenvalue weighted by Crippen LogP contribution is 2.44. The fourth-order valence-electron chi connectivity index (χ4n) is 3.57. The van der Waals surface area contributed by atoms with Crippen molar-refractivity contribution in [3.05, 3.63) is 33.5 Å². The van der Waals surface area contributed by atoms with E-state index in [2.05, 4.69) is 10.5 Å². The van der Waals surface area contributed by atoms with Gasteiger partial charge >= 0.3 is 6.03 Å². The number of aryl methyl sites for hydroxylation is 1. The van der Waals surface area contributed by atoms with Crippen molar-refractivity contribution in [3.8, 4) is 0 Å². The molecule has 0 saturated carbocycles. The summed E-state index contributed by atoms with van der Waals surface area (Å²) in [6.45, 7) is 3.10. The van der Waals surface area contributed by atoms with Crippen molar-refractivity contribution in [2.45, 2.75) is 32.2 Å². The molecule has 2 aromatic rings. The van der Waals surface area contributed by atoms with Crippen LogP contribution in [0.5, 0.6) is 0 Å². The number of hydrogen-bond donors (Lipinski definition) is 3. The van der Waals surface area contributed by atoms with Crippen LogP contribution in [0, 0.1) is 6.92 Å². The maximum Gasteiger partial charge on any atom is 0.317 e. The van der Waals surface area contributed by atoms with Crippen LogP contribution < -0.4 is 16.8 Å². The molecule has 0 bridgehead atoms. The molecule has 26 heavy (non-hydrogen) atoms. The van der Waals surface area contributed by atoms with Gasteiger partial charge in [0.05, 0.1) is 18.0 Å². The predicted octanol–water partition coefficient (Wildman–Crippen LogP) is 1.54. The fourth-order valence-corrected chi connectivity index (χ4v) is 4.95. The monoisotopic (exact) mass is 374 g/mol. The van der Waals surface area contributed by atoms with Crippen LogP contribution in [0.1, 0.15) is 44.6 Å². The number of anilines is 1. The number of hydrogen-bond acceptors (Lipinski definition) is 7. The maximum absolute atomic E-state index is 11.9. The first-order chi connectivity index (χ1) is 12.4. The molecule has 1 aliphatic heterocycles. The standard InChI is InChI=1S/C16H18N6O3S/c1-7-4-8(21-25-7)5-22-6-10-11(20-22)3-2-9-12(14(17)23)15(19-16(18)24)26-13(9)10/h4,10H,2-3,5-6H2,1H3,(H2,17,23)(H3,18,19,24). The second-order valence-electron chi connectivity index (χ2n) is 6.42. The van der Waals surface area contributed by atoms with Crippen LogP contribution in [0.4, 0.5) is 9.80 Å². The van der Waals surface area contributed by atoms with Gasteiger partial charge in [-0.1, -0.05) is 5.16 Å². The molecule has 3 heterocycles. The Labute approximate surface area is 153 Å². The lowest BCUT2D eigenvalue weighted by molar-refractivity contribution is 0.100. The van der Waals surface area contributed by atoms with Crippen LogP contribution in [0.15, 0.2) is 15.7 Å². The normalized spacial score (nSPS) is 18.3. The lowest BCUT2D eigenvalue weighted by Crippen LogP contribution is -2.24. The van der Waals surface area contributed by atoms with E-state index >= 15 is 0 Å². The predicted molar refractivity (Wildman–Crippen MR) is 96.2 cm³/mol. The molecule has 0 saturated heterocycles. The number of amides is 3. The van der Waals surface area contributed by atoms with Crippen molar-refractivity contribution in [1.82, 2.24) is 10.2 Å². The summed E-state index contributed by atoms with van der Waals surface area (Å²) in [7, 11) is 0. The van der Waals surface area contributed by atoms with Gasteiger partial charge in [-0.15, -0.1) is 11.3 Å². The van der Waals surface area contributed by atoms with E-state index in [0.29, 0.717) is 30.1 Å². The fraction of sp³-hybridized carbons (Fsp3) is 0.375. The molecule has 0 fully saturated rings. The second-order valence-corrected chi connectivity index (χ2v) is 7.47. The minimum atomic E-state index is -0.713. The van der Waals surface area contributed by atoms with Crippen molar-refractivity contribution in [3.63, 3.8) is 0 Å². The van der Waals surface area contributed by atoms with Crippen LogP contribution in [0.2, 0.25) is 0 Å². The number of thiophene rings is 1. The van der Waals surface area contributed by atoms with E-state index in [1.54, 1.807) is 0 Å². The van der Waals surface area contributed by atoms with Gasteiger partial charge in [0.15, 0.2) is 0 Å². The number of hydrazone groups is 1. The first kappa shape index (κ1) is 16.6. The summed E-state index contributed by atoms with van der Waals surface area (Å²) >= 11 is 1.35. The van der Waals surface area contributed by atoms with E-state index in [0.717, 1.165) is 34.0 Å². The molecule has 1 unspecified atom stereocenters. The molecule has 2 aliphatic rings. The SMILES string of the molecule is Cc1cc(CN2CC3C(=N2)CCc2c3sc(NC(N)=O)c2C(N)=O)no1. The van der Waals surface area contributed by atoms with E-state index in [4.69, 9.17) is 21.1 Å². The summed E-state index contributed by atoms with van der Waals surface area (Å²) in [6, 6.07) is 1.17. The van der Waals surface area contributed by atoms with Gasteiger partial charge in [0.1, 0.15) is 16.5 Å². The van der Waals surface area contributed by atoms with E-state index in [9.17, 15) is 9.59 Å². The molecule has 0 aromatic carbocycles. The topological polar surface area (TPSA) is 140 Å². The van der Waals surface area contributed by atoms with Crippen LogP contribution in [-0.2, 0) is 13.0 Å². The highest BCUT2D eigenvalue weighted by atomic mass is 32.1. The summed E-state index contributed by atoms with van der Waals surface area (Å²) in [6.07, 6.45) is 1.41. The van der Waals surface area contributed by atoms with Crippen molar-refractivity contribution in [1.29, 1.82) is 0 Å². The van der Waals surface area contributed by atoms with Crippen molar-refractivity contribution in [2.75, 3.05) is 11.9 Å². The zero-order valence-electron chi connectivity index (χ0n) is 14.1. The molecule has 9 nitrogen and oxygen atoms in total. The minimum Gasteiger partial charge on any atom is -0.365 e. The van der Waals surface area contributed by atoms with Gasteiger partial charge in [0.2, 0.25) is 0 Å². The minimum absolute atomic E-state index is 0.0817. The molecule has 136 valence electrons. The number of fused-ring (bicyclic) bond motifs is 3. The molecule has 4 rings (SSSR count). The molecule has 1 aliphatic carbocycles. The number of nitrogens with one attached hydrogen (secondary N) is 1. The Balaban J connectivity index is 1.63.